The minimum Gasteiger partial charge on any atom is -0.457 e. The topological polar surface area (TPSA) is 134 Å². The van der Waals surface area contributed by atoms with Gasteiger partial charge in [-0.25, -0.2) is 0 Å². The van der Waals surface area contributed by atoms with E-state index in [1.807, 2.05) is 19.9 Å². The van der Waals surface area contributed by atoms with Crippen LogP contribution in [0.5, 0.6) is 0 Å². The Bertz CT molecular complexity index is 721. The molecule has 9 nitrogen and oxygen atoms in total. The van der Waals surface area contributed by atoms with Crippen molar-refractivity contribution in [3.8, 4) is 0 Å². The van der Waals surface area contributed by atoms with Crippen LogP contribution in [-0.4, -0.2) is 70.6 Å². The lowest BCUT2D eigenvalue weighted by molar-refractivity contribution is -0.151. The average Bonchev–Trinajstić information content (AvgIpc) is 2.70. The van der Waals surface area contributed by atoms with Gasteiger partial charge < -0.3 is 25.8 Å². The van der Waals surface area contributed by atoms with Crippen LogP contribution in [0.15, 0.2) is 12.2 Å². The Balaban J connectivity index is 2.41. The summed E-state index contributed by atoms with van der Waals surface area (Å²) in [6.45, 7) is 5.17. The molecule has 0 saturated carbocycles. The molecule has 1 saturated heterocycles. The number of carbonyl (C=O) groups is 4. The number of esters is 1. The molecule has 32 heavy (non-hydrogen) atoms. The van der Waals surface area contributed by atoms with Crippen LogP contribution in [0.2, 0.25) is 0 Å². The third-order valence-corrected chi connectivity index (χ3v) is 9.22. The Morgan fingerprint density at radius 1 is 1.06 bits per heavy atom. The largest absolute Gasteiger partial charge is 0.457 e. The molecular weight excluding hydrogens is 474 g/mol. The van der Waals surface area contributed by atoms with Gasteiger partial charge in [0.05, 0.1) is 25.0 Å². The molecule has 2 aliphatic heterocycles. The summed E-state index contributed by atoms with van der Waals surface area (Å²) in [5.74, 6) is -1.17. The number of aliphatic hydroxyl groups is 1. The molecule has 2 bridgehead atoms. The monoisotopic (exact) mass is 505 g/mol. The zero-order valence-corrected chi connectivity index (χ0v) is 20.8. The van der Waals surface area contributed by atoms with Crippen molar-refractivity contribution in [3.05, 3.63) is 12.2 Å². The Morgan fingerprint density at radius 3 is 2.53 bits per heavy atom. The number of amides is 3. The summed E-state index contributed by atoms with van der Waals surface area (Å²) in [5.41, 5.74) is 0. The summed E-state index contributed by atoms with van der Waals surface area (Å²) < 4.78 is 5.45. The summed E-state index contributed by atoms with van der Waals surface area (Å²) >= 11 is 0. The SMILES string of the molecule is CC1NC(=O)CC2/C=C/CCSSSCC(NC1=O)C(=O)NC(C(C)C)C(O)CC(=O)O2. The second kappa shape index (κ2) is 13.4. The normalized spacial score (nSPS) is 32.8. The highest BCUT2D eigenvalue weighted by Crippen LogP contribution is 2.35. The maximum Gasteiger partial charge on any atom is 0.309 e. The standard InChI is InChI=1S/C20H31N3O6S3/c1-11(2)18-15(24)9-17(26)29-13-6-4-5-7-30-32-31-10-14(20(28)23-18)22-19(27)12(3)21-16(25)8-13/h4,6,11-15,18,24H,5,7-10H2,1-3H3,(H,21,25)(H,22,27)(H,23,28)/b6-4+. The van der Waals surface area contributed by atoms with Crippen molar-refractivity contribution in [2.75, 3.05) is 11.5 Å². The van der Waals surface area contributed by atoms with Gasteiger partial charge >= 0.3 is 5.97 Å². The van der Waals surface area contributed by atoms with E-state index in [4.69, 9.17) is 4.74 Å². The number of hydrogen-bond donors (Lipinski definition) is 4. The van der Waals surface area contributed by atoms with Crippen molar-refractivity contribution in [3.63, 3.8) is 0 Å². The number of hydrogen-bond acceptors (Lipinski definition) is 9. The van der Waals surface area contributed by atoms with Gasteiger partial charge in [0.2, 0.25) is 17.7 Å². The highest BCUT2D eigenvalue weighted by molar-refractivity contribution is 9.09. The molecule has 0 aliphatic carbocycles. The maximum absolute atomic E-state index is 13.0. The van der Waals surface area contributed by atoms with Gasteiger partial charge in [-0.05, 0) is 35.2 Å². The van der Waals surface area contributed by atoms with Crippen molar-refractivity contribution in [1.82, 2.24) is 16.0 Å². The summed E-state index contributed by atoms with van der Waals surface area (Å²) in [4.78, 5) is 50.6. The summed E-state index contributed by atoms with van der Waals surface area (Å²) in [5, 5.41) is 18.7. The lowest BCUT2D eigenvalue weighted by atomic mass is 9.96. The Kier molecular flexibility index (Phi) is 11.2. The zero-order chi connectivity index (χ0) is 23.7. The first-order valence-corrected chi connectivity index (χ1v) is 14.3. The van der Waals surface area contributed by atoms with E-state index < -0.39 is 54.0 Å². The fraction of sp³-hybridized carbons (Fsp3) is 0.700. The molecule has 0 radical (unpaired) electrons. The fourth-order valence-electron chi connectivity index (χ4n) is 3.19. The molecule has 0 aromatic heterocycles. The molecule has 2 heterocycles. The molecule has 2 aliphatic rings. The lowest BCUT2D eigenvalue weighted by Gasteiger charge is -2.29. The first-order chi connectivity index (χ1) is 15.2. The number of ether oxygens (including phenoxy) is 1. The van der Waals surface area contributed by atoms with E-state index in [0.717, 1.165) is 5.75 Å². The molecular formula is C20H31N3O6S3. The smallest absolute Gasteiger partial charge is 0.309 e. The summed E-state index contributed by atoms with van der Waals surface area (Å²) in [7, 11) is 4.58. The number of carbonyl (C=O) groups excluding carboxylic acids is 4. The van der Waals surface area contributed by atoms with Crippen LogP contribution >= 0.6 is 31.4 Å². The van der Waals surface area contributed by atoms with Gasteiger partial charge in [0, 0.05) is 11.5 Å². The van der Waals surface area contributed by atoms with E-state index in [1.165, 1.54) is 27.5 Å². The summed E-state index contributed by atoms with van der Waals surface area (Å²) in [6.07, 6.45) is 1.74. The predicted octanol–water partition coefficient (Wildman–Crippen LogP) is 1.17. The van der Waals surface area contributed by atoms with Gasteiger partial charge in [-0.3, -0.25) is 19.2 Å². The van der Waals surface area contributed by atoms with Crippen molar-refractivity contribution in [2.45, 2.75) is 70.4 Å². The van der Waals surface area contributed by atoms with Gasteiger partial charge in [-0.15, -0.1) is 0 Å². The Morgan fingerprint density at radius 2 is 1.81 bits per heavy atom. The fourth-order valence-corrected chi connectivity index (χ4v) is 6.98. The third-order valence-electron chi connectivity index (χ3n) is 4.94. The van der Waals surface area contributed by atoms with E-state index in [9.17, 15) is 24.3 Å². The number of fused-ring (bicyclic) bond motifs is 7. The molecule has 2 rings (SSSR count). The first kappa shape index (κ1) is 26.9. The molecule has 5 unspecified atom stereocenters. The van der Waals surface area contributed by atoms with Crippen LogP contribution in [0.25, 0.3) is 0 Å². The van der Waals surface area contributed by atoms with Crippen molar-refractivity contribution in [2.24, 2.45) is 5.92 Å². The van der Waals surface area contributed by atoms with Gasteiger partial charge in [-0.1, -0.05) is 41.5 Å². The second-order valence-electron chi connectivity index (χ2n) is 8.02. The lowest BCUT2D eigenvalue weighted by Crippen LogP contribution is -2.57. The predicted molar refractivity (Wildman–Crippen MR) is 128 cm³/mol. The summed E-state index contributed by atoms with van der Waals surface area (Å²) in [6, 6.07) is -2.46. The molecule has 0 aromatic carbocycles. The van der Waals surface area contributed by atoms with E-state index in [0.29, 0.717) is 12.2 Å². The average molecular weight is 506 g/mol. The molecule has 180 valence electrons. The maximum atomic E-state index is 13.0. The number of nitrogens with one attached hydrogen (secondary N) is 3. The third kappa shape index (κ3) is 8.87. The molecule has 5 atom stereocenters. The zero-order valence-electron chi connectivity index (χ0n) is 18.4. The highest BCUT2D eigenvalue weighted by atomic mass is 33.5. The second-order valence-corrected chi connectivity index (χ2v) is 12.4. The quantitative estimate of drug-likeness (QED) is 0.235. The molecule has 4 N–H and O–H groups in total. The van der Waals surface area contributed by atoms with E-state index in [2.05, 4.69) is 16.0 Å². The van der Waals surface area contributed by atoms with Gasteiger partial charge in [-0.2, -0.15) is 0 Å². The molecule has 1 fully saturated rings. The van der Waals surface area contributed by atoms with Crippen LogP contribution < -0.4 is 16.0 Å². The number of allylic oxidation sites excluding steroid dienone is 1. The van der Waals surface area contributed by atoms with Crippen LogP contribution in [0.3, 0.4) is 0 Å². The highest BCUT2D eigenvalue weighted by Gasteiger charge is 2.32. The Labute approximate surface area is 199 Å². The van der Waals surface area contributed by atoms with Gasteiger partial charge in [0.15, 0.2) is 0 Å². The van der Waals surface area contributed by atoms with Crippen LogP contribution in [0.1, 0.15) is 40.0 Å². The molecule has 0 spiro atoms. The molecule has 3 amide bonds. The van der Waals surface area contributed by atoms with Crippen LogP contribution in [0, 0.1) is 5.92 Å². The van der Waals surface area contributed by atoms with Crippen LogP contribution in [-0.2, 0) is 23.9 Å². The van der Waals surface area contributed by atoms with Crippen LogP contribution in [0.4, 0.5) is 0 Å². The minimum atomic E-state index is -1.18. The van der Waals surface area contributed by atoms with E-state index >= 15 is 0 Å². The Hall–Kier alpha value is -1.37. The van der Waals surface area contributed by atoms with Crippen molar-refractivity contribution >= 4 is 55.1 Å². The number of rotatable bonds is 1. The van der Waals surface area contributed by atoms with E-state index in [-0.39, 0.29) is 18.8 Å². The van der Waals surface area contributed by atoms with Crippen molar-refractivity contribution in [1.29, 1.82) is 0 Å². The van der Waals surface area contributed by atoms with Gasteiger partial charge in [0.1, 0.15) is 18.2 Å². The minimum absolute atomic E-state index is 0.151. The van der Waals surface area contributed by atoms with Gasteiger partial charge in [0.25, 0.3) is 0 Å². The van der Waals surface area contributed by atoms with Crippen molar-refractivity contribution < 1.29 is 29.0 Å². The number of aliphatic hydroxyl groups excluding tert-OH is 1. The molecule has 0 aromatic rings. The van der Waals surface area contributed by atoms with E-state index in [1.54, 1.807) is 16.9 Å². The molecule has 12 heteroatoms. The first-order valence-electron chi connectivity index (χ1n) is 10.5.